The van der Waals surface area contributed by atoms with Crippen molar-refractivity contribution in [2.45, 2.75) is 25.7 Å². The molecule has 0 saturated carbocycles. The molecule has 1 saturated heterocycles. The molecular weight excluding hydrogens is 237 g/mol. The lowest BCUT2D eigenvalue weighted by Gasteiger charge is -2.22. The summed E-state index contributed by atoms with van der Waals surface area (Å²) >= 11 is 0. The maximum absolute atomic E-state index is 13.8. The van der Waals surface area contributed by atoms with Crippen molar-refractivity contribution in [3.63, 3.8) is 0 Å². The third-order valence-corrected chi connectivity index (χ3v) is 3.06. The number of anilines is 1. The topological polar surface area (TPSA) is 57.6 Å². The van der Waals surface area contributed by atoms with Crippen LogP contribution in [0.4, 0.5) is 10.1 Å². The van der Waals surface area contributed by atoms with E-state index in [2.05, 4.69) is 0 Å². The smallest absolute Gasteiger partial charge is 0.337 e. The van der Waals surface area contributed by atoms with E-state index in [0.29, 0.717) is 13.0 Å². The summed E-state index contributed by atoms with van der Waals surface area (Å²) in [4.78, 5) is 24.3. The molecule has 0 spiro atoms. The molecule has 1 aliphatic rings. The molecule has 0 atom stereocenters. The van der Waals surface area contributed by atoms with Gasteiger partial charge in [-0.2, -0.15) is 0 Å². The van der Waals surface area contributed by atoms with Gasteiger partial charge in [0.05, 0.1) is 11.3 Å². The second-order valence-corrected chi connectivity index (χ2v) is 4.30. The highest BCUT2D eigenvalue weighted by Gasteiger charge is 2.25. The van der Waals surface area contributed by atoms with Gasteiger partial charge >= 0.3 is 5.97 Å². The van der Waals surface area contributed by atoms with Gasteiger partial charge in [-0.25, -0.2) is 9.18 Å². The Hall–Kier alpha value is -1.91. The summed E-state index contributed by atoms with van der Waals surface area (Å²) < 4.78 is 13.8. The van der Waals surface area contributed by atoms with Crippen molar-refractivity contribution in [1.29, 1.82) is 0 Å². The number of carboxylic acid groups (broad SMARTS) is 1. The van der Waals surface area contributed by atoms with Crippen LogP contribution in [0, 0.1) is 5.82 Å². The number of hydrogen-bond donors (Lipinski definition) is 1. The van der Waals surface area contributed by atoms with Gasteiger partial charge in [0.1, 0.15) is 5.82 Å². The van der Waals surface area contributed by atoms with Crippen LogP contribution in [-0.4, -0.2) is 23.5 Å². The van der Waals surface area contributed by atoms with E-state index in [4.69, 9.17) is 5.11 Å². The molecule has 5 heteroatoms. The monoisotopic (exact) mass is 251 g/mol. The first-order valence-corrected chi connectivity index (χ1v) is 5.93. The van der Waals surface area contributed by atoms with Crippen LogP contribution in [0.15, 0.2) is 18.2 Å². The largest absolute Gasteiger partial charge is 0.478 e. The quantitative estimate of drug-likeness (QED) is 0.878. The predicted octanol–water partition coefficient (Wildman–Crippen LogP) is 2.43. The van der Waals surface area contributed by atoms with Crippen LogP contribution < -0.4 is 4.90 Å². The molecule has 0 aliphatic carbocycles. The van der Waals surface area contributed by atoms with Gasteiger partial charge < -0.3 is 10.0 Å². The molecule has 2 rings (SSSR count). The van der Waals surface area contributed by atoms with E-state index >= 15 is 0 Å². The van der Waals surface area contributed by atoms with Crippen molar-refractivity contribution in [3.8, 4) is 0 Å². The lowest BCUT2D eigenvalue weighted by atomic mass is 10.1. The Morgan fingerprint density at radius 2 is 2.06 bits per heavy atom. The van der Waals surface area contributed by atoms with E-state index in [1.165, 1.54) is 23.1 Å². The van der Waals surface area contributed by atoms with Crippen LogP contribution in [-0.2, 0) is 4.79 Å². The minimum Gasteiger partial charge on any atom is -0.478 e. The van der Waals surface area contributed by atoms with Crippen molar-refractivity contribution >= 4 is 17.6 Å². The highest BCUT2D eigenvalue weighted by Crippen LogP contribution is 2.27. The number of hydrogen-bond acceptors (Lipinski definition) is 2. The van der Waals surface area contributed by atoms with Crippen molar-refractivity contribution in [2.24, 2.45) is 0 Å². The summed E-state index contributed by atoms with van der Waals surface area (Å²) in [5.74, 6) is -2.09. The maximum atomic E-state index is 13.8. The van der Waals surface area contributed by atoms with Gasteiger partial charge in [-0.1, -0.05) is 12.5 Å². The van der Waals surface area contributed by atoms with Gasteiger partial charge in [0.25, 0.3) is 0 Å². The molecule has 0 aromatic heterocycles. The van der Waals surface area contributed by atoms with E-state index in [-0.39, 0.29) is 17.2 Å². The predicted molar refractivity (Wildman–Crippen MR) is 64.2 cm³/mol. The Morgan fingerprint density at radius 1 is 1.28 bits per heavy atom. The van der Waals surface area contributed by atoms with Crippen molar-refractivity contribution < 1.29 is 19.1 Å². The zero-order chi connectivity index (χ0) is 13.1. The minimum absolute atomic E-state index is 0.100. The summed E-state index contributed by atoms with van der Waals surface area (Å²) in [6, 6.07) is 3.84. The van der Waals surface area contributed by atoms with Crippen LogP contribution in [0.3, 0.4) is 0 Å². The maximum Gasteiger partial charge on any atom is 0.337 e. The first-order valence-electron chi connectivity index (χ1n) is 5.93. The second kappa shape index (κ2) is 5.16. The Kier molecular flexibility index (Phi) is 3.60. The Balaban J connectivity index is 2.48. The lowest BCUT2D eigenvalue weighted by Crippen LogP contribution is -2.32. The lowest BCUT2D eigenvalue weighted by molar-refractivity contribution is -0.118. The molecule has 18 heavy (non-hydrogen) atoms. The molecule has 1 amide bonds. The van der Waals surface area contributed by atoms with Crippen molar-refractivity contribution in [3.05, 3.63) is 29.6 Å². The number of nitrogens with zero attached hydrogens (tertiary/aromatic N) is 1. The average molecular weight is 251 g/mol. The number of aromatic carboxylic acids is 1. The van der Waals surface area contributed by atoms with E-state index in [1.807, 2.05) is 0 Å². The fourth-order valence-electron chi connectivity index (χ4n) is 2.18. The molecule has 4 nitrogen and oxygen atoms in total. The Bertz CT molecular complexity index is 487. The van der Waals surface area contributed by atoms with Gasteiger partial charge in [0, 0.05) is 13.0 Å². The first kappa shape index (κ1) is 12.5. The molecule has 0 unspecified atom stereocenters. The molecule has 1 fully saturated rings. The molecule has 1 heterocycles. The van der Waals surface area contributed by atoms with Gasteiger partial charge in [0.2, 0.25) is 5.91 Å². The number of benzene rings is 1. The zero-order valence-corrected chi connectivity index (χ0v) is 9.86. The normalized spacial score (nSPS) is 16.5. The molecule has 1 aromatic rings. The second-order valence-electron chi connectivity index (χ2n) is 4.30. The zero-order valence-electron chi connectivity index (χ0n) is 9.86. The number of carbonyl (C=O) groups is 2. The van der Waals surface area contributed by atoms with Gasteiger partial charge in [-0.15, -0.1) is 0 Å². The van der Waals surface area contributed by atoms with Crippen LogP contribution in [0.1, 0.15) is 36.0 Å². The van der Waals surface area contributed by atoms with Crippen molar-refractivity contribution in [2.75, 3.05) is 11.4 Å². The summed E-state index contributed by atoms with van der Waals surface area (Å²) in [5, 5.41) is 9.07. The molecule has 1 N–H and O–H groups in total. The molecule has 1 aliphatic heterocycles. The number of halogens is 1. The van der Waals surface area contributed by atoms with Gasteiger partial charge in [0.15, 0.2) is 0 Å². The number of carboxylic acids is 1. The van der Waals surface area contributed by atoms with Crippen LogP contribution >= 0.6 is 0 Å². The minimum atomic E-state index is -1.22. The SMILES string of the molecule is O=C(O)c1cccc(F)c1N1CCCCCC1=O. The fourth-order valence-corrected chi connectivity index (χ4v) is 2.18. The number of rotatable bonds is 2. The summed E-state index contributed by atoms with van der Waals surface area (Å²) in [6.45, 7) is 0.375. The van der Waals surface area contributed by atoms with Crippen LogP contribution in [0.5, 0.6) is 0 Å². The molecule has 96 valence electrons. The number of carbonyl (C=O) groups excluding carboxylic acids is 1. The van der Waals surface area contributed by atoms with E-state index in [1.54, 1.807) is 0 Å². The molecule has 1 aromatic carbocycles. The Labute approximate surface area is 104 Å². The van der Waals surface area contributed by atoms with E-state index < -0.39 is 11.8 Å². The number of para-hydroxylation sites is 1. The van der Waals surface area contributed by atoms with Crippen molar-refractivity contribution in [1.82, 2.24) is 0 Å². The third-order valence-electron chi connectivity index (χ3n) is 3.06. The van der Waals surface area contributed by atoms with Gasteiger partial charge in [-0.05, 0) is 25.0 Å². The Morgan fingerprint density at radius 3 is 2.78 bits per heavy atom. The summed E-state index contributed by atoms with van der Waals surface area (Å²) in [6.07, 6.45) is 2.78. The third kappa shape index (κ3) is 2.34. The summed E-state index contributed by atoms with van der Waals surface area (Å²) in [5.41, 5.74) is -0.262. The van der Waals surface area contributed by atoms with Crippen LogP contribution in [0.2, 0.25) is 0 Å². The molecule has 0 bridgehead atoms. The highest BCUT2D eigenvalue weighted by atomic mass is 19.1. The molecule has 0 radical (unpaired) electrons. The van der Waals surface area contributed by atoms with E-state index in [0.717, 1.165) is 19.3 Å². The first-order chi connectivity index (χ1) is 8.61. The summed E-state index contributed by atoms with van der Waals surface area (Å²) in [7, 11) is 0. The average Bonchev–Trinajstić information content (AvgIpc) is 2.54. The number of amides is 1. The highest BCUT2D eigenvalue weighted by molar-refractivity contribution is 6.02. The molecular formula is C13H14FNO3. The fraction of sp³-hybridized carbons (Fsp3) is 0.385. The standard InChI is InChI=1S/C13H14FNO3/c14-10-6-4-5-9(13(17)18)12(10)15-8-3-1-2-7-11(15)16/h4-6H,1-3,7-8H2,(H,17,18). The van der Waals surface area contributed by atoms with Gasteiger partial charge in [-0.3, -0.25) is 4.79 Å². The van der Waals surface area contributed by atoms with Crippen LogP contribution in [0.25, 0.3) is 0 Å². The van der Waals surface area contributed by atoms with E-state index in [9.17, 15) is 14.0 Å².